The van der Waals surface area contributed by atoms with E-state index in [2.05, 4.69) is 49.8 Å². The van der Waals surface area contributed by atoms with Crippen molar-refractivity contribution in [3.63, 3.8) is 0 Å². The maximum Gasteiger partial charge on any atom is 0.135 e. The van der Waals surface area contributed by atoms with Gasteiger partial charge in [-0.05, 0) is 54.8 Å². The Labute approximate surface area is 165 Å². The van der Waals surface area contributed by atoms with Crippen LogP contribution in [0.3, 0.4) is 0 Å². The molecule has 28 heavy (non-hydrogen) atoms. The summed E-state index contributed by atoms with van der Waals surface area (Å²) in [7, 11) is 1.67. The topological polar surface area (TPSA) is 62.3 Å². The molecule has 6 heteroatoms. The quantitative estimate of drug-likeness (QED) is 0.636. The number of nitrogens with zero attached hydrogens (tertiary/aromatic N) is 3. The standard InChI is InChI=1S/C22H25N5O/c1-28-20-10-4-17(5-11-20)15-23-21-14-22(25-16-24-21)26-18-6-8-19(9-7-18)27-12-2-3-13-27/h4-11,14,16H,2-3,12-13,15H2,1H3,(H2,23,24,25,26). The summed E-state index contributed by atoms with van der Waals surface area (Å²) < 4.78 is 5.19. The Morgan fingerprint density at radius 3 is 2.36 bits per heavy atom. The minimum atomic E-state index is 0.685. The lowest BCUT2D eigenvalue weighted by molar-refractivity contribution is 0.414. The second kappa shape index (κ2) is 8.61. The van der Waals surface area contributed by atoms with Gasteiger partial charge in [-0.1, -0.05) is 12.1 Å². The van der Waals surface area contributed by atoms with Crippen molar-refractivity contribution in [2.24, 2.45) is 0 Å². The molecule has 144 valence electrons. The first-order valence-corrected chi connectivity index (χ1v) is 9.61. The lowest BCUT2D eigenvalue weighted by Crippen LogP contribution is -2.17. The smallest absolute Gasteiger partial charge is 0.135 e. The highest BCUT2D eigenvalue weighted by molar-refractivity contribution is 5.62. The summed E-state index contributed by atoms with van der Waals surface area (Å²) in [5.74, 6) is 2.40. The van der Waals surface area contributed by atoms with Gasteiger partial charge in [0.15, 0.2) is 0 Å². The molecule has 2 heterocycles. The predicted molar refractivity (Wildman–Crippen MR) is 114 cm³/mol. The number of methoxy groups -OCH3 is 1. The van der Waals surface area contributed by atoms with Gasteiger partial charge in [0.25, 0.3) is 0 Å². The number of hydrogen-bond donors (Lipinski definition) is 2. The van der Waals surface area contributed by atoms with E-state index in [9.17, 15) is 0 Å². The van der Waals surface area contributed by atoms with Crippen molar-refractivity contribution in [3.8, 4) is 5.75 Å². The first-order valence-electron chi connectivity index (χ1n) is 9.61. The number of anilines is 4. The molecular formula is C22H25N5O. The maximum absolute atomic E-state index is 5.19. The lowest BCUT2D eigenvalue weighted by atomic mass is 10.2. The molecule has 0 unspecified atom stereocenters. The molecule has 0 radical (unpaired) electrons. The summed E-state index contributed by atoms with van der Waals surface area (Å²) in [6.45, 7) is 2.99. The van der Waals surface area contributed by atoms with Gasteiger partial charge in [0, 0.05) is 37.1 Å². The third-order valence-electron chi connectivity index (χ3n) is 4.91. The van der Waals surface area contributed by atoms with E-state index < -0.39 is 0 Å². The summed E-state index contributed by atoms with van der Waals surface area (Å²) >= 11 is 0. The van der Waals surface area contributed by atoms with E-state index in [4.69, 9.17) is 4.74 Å². The predicted octanol–water partition coefficient (Wildman–Crippen LogP) is 4.44. The van der Waals surface area contributed by atoms with Crippen LogP contribution in [0.5, 0.6) is 5.75 Å². The van der Waals surface area contributed by atoms with Crippen molar-refractivity contribution < 1.29 is 4.74 Å². The molecule has 2 aromatic carbocycles. The third kappa shape index (κ3) is 4.52. The summed E-state index contributed by atoms with van der Waals surface area (Å²) in [4.78, 5) is 11.1. The SMILES string of the molecule is COc1ccc(CNc2cc(Nc3ccc(N4CCCC4)cc3)ncn2)cc1. The summed E-state index contributed by atoms with van der Waals surface area (Å²) in [6.07, 6.45) is 4.14. The molecule has 1 fully saturated rings. The minimum absolute atomic E-state index is 0.685. The van der Waals surface area contributed by atoms with E-state index in [1.807, 2.05) is 30.3 Å². The molecule has 0 amide bonds. The highest BCUT2D eigenvalue weighted by Gasteiger charge is 2.11. The average molecular weight is 375 g/mol. The lowest BCUT2D eigenvalue weighted by Gasteiger charge is -2.18. The van der Waals surface area contributed by atoms with Crippen molar-refractivity contribution in [2.45, 2.75) is 19.4 Å². The largest absolute Gasteiger partial charge is 0.497 e. The second-order valence-corrected chi connectivity index (χ2v) is 6.86. The van der Waals surface area contributed by atoms with Crippen LogP contribution < -0.4 is 20.3 Å². The van der Waals surface area contributed by atoms with E-state index in [1.165, 1.54) is 18.5 Å². The summed E-state index contributed by atoms with van der Waals surface area (Å²) in [5, 5.41) is 6.68. The van der Waals surface area contributed by atoms with Crippen molar-refractivity contribution in [3.05, 3.63) is 66.5 Å². The fourth-order valence-electron chi connectivity index (χ4n) is 3.34. The van der Waals surface area contributed by atoms with Gasteiger partial charge in [-0.15, -0.1) is 0 Å². The van der Waals surface area contributed by atoms with Gasteiger partial charge in [-0.3, -0.25) is 0 Å². The van der Waals surface area contributed by atoms with Crippen LogP contribution in [0.2, 0.25) is 0 Å². The third-order valence-corrected chi connectivity index (χ3v) is 4.91. The Hall–Kier alpha value is -3.28. The summed E-state index contributed by atoms with van der Waals surface area (Å²) in [6, 6.07) is 18.4. The van der Waals surface area contributed by atoms with Gasteiger partial charge < -0.3 is 20.3 Å². The molecule has 6 nitrogen and oxygen atoms in total. The second-order valence-electron chi connectivity index (χ2n) is 6.86. The Kier molecular flexibility index (Phi) is 5.56. The zero-order valence-electron chi connectivity index (χ0n) is 16.1. The molecule has 0 aliphatic carbocycles. The van der Waals surface area contributed by atoms with Gasteiger partial charge in [0.1, 0.15) is 23.7 Å². The Bertz CT molecular complexity index is 890. The molecule has 1 saturated heterocycles. The molecule has 1 aromatic heterocycles. The van der Waals surface area contributed by atoms with Crippen LogP contribution >= 0.6 is 0 Å². The van der Waals surface area contributed by atoms with Crippen LogP contribution in [0, 0.1) is 0 Å². The number of aromatic nitrogens is 2. The molecule has 0 bridgehead atoms. The van der Waals surface area contributed by atoms with Gasteiger partial charge in [0.05, 0.1) is 7.11 Å². The normalized spacial score (nSPS) is 13.4. The molecule has 0 atom stereocenters. The number of benzene rings is 2. The van der Waals surface area contributed by atoms with Crippen molar-refractivity contribution in [2.75, 3.05) is 35.7 Å². The van der Waals surface area contributed by atoms with E-state index in [0.717, 1.165) is 41.7 Å². The van der Waals surface area contributed by atoms with E-state index in [-0.39, 0.29) is 0 Å². The first-order chi connectivity index (χ1) is 13.8. The molecule has 0 saturated carbocycles. The van der Waals surface area contributed by atoms with E-state index in [1.54, 1.807) is 13.4 Å². The zero-order chi connectivity index (χ0) is 19.2. The Morgan fingerprint density at radius 1 is 0.929 bits per heavy atom. The van der Waals surface area contributed by atoms with Crippen LogP contribution in [0.25, 0.3) is 0 Å². The monoisotopic (exact) mass is 375 g/mol. The highest BCUT2D eigenvalue weighted by atomic mass is 16.5. The number of ether oxygens (including phenoxy) is 1. The van der Waals surface area contributed by atoms with Crippen LogP contribution in [0.4, 0.5) is 23.0 Å². The molecule has 2 N–H and O–H groups in total. The Morgan fingerprint density at radius 2 is 1.64 bits per heavy atom. The van der Waals surface area contributed by atoms with Gasteiger partial charge in [-0.25, -0.2) is 9.97 Å². The van der Waals surface area contributed by atoms with E-state index >= 15 is 0 Å². The van der Waals surface area contributed by atoms with Gasteiger partial charge in [0.2, 0.25) is 0 Å². The van der Waals surface area contributed by atoms with E-state index in [0.29, 0.717) is 6.54 Å². The molecular weight excluding hydrogens is 350 g/mol. The van der Waals surface area contributed by atoms with Crippen LogP contribution in [0.15, 0.2) is 60.9 Å². The molecule has 3 aromatic rings. The maximum atomic E-state index is 5.19. The first kappa shape index (κ1) is 18.1. The van der Waals surface area contributed by atoms with Gasteiger partial charge in [-0.2, -0.15) is 0 Å². The zero-order valence-corrected chi connectivity index (χ0v) is 16.1. The number of rotatable bonds is 7. The van der Waals surface area contributed by atoms with Crippen LogP contribution in [0.1, 0.15) is 18.4 Å². The van der Waals surface area contributed by atoms with Crippen LogP contribution in [-0.4, -0.2) is 30.2 Å². The molecule has 1 aliphatic heterocycles. The summed E-state index contributed by atoms with van der Waals surface area (Å²) in [5.41, 5.74) is 3.46. The highest BCUT2D eigenvalue weighted by Crippen LogP contribution is 2.24. The van der Waals surface area contributed by atoms with Crippen LogP contribution in [-0.2, 0) is 6.54 Å². The van der Waals surface area contributed by atoms with Crippen molar-refractivity contribution in [1.82, 2.24) is 9.97 Å². The van der Waals surface area contributed by atoms with Gasteiger partial charge >= 0.3 is 0 Å². The fraction of sp³-hybridized carbons (Fsp3) is 0.273. The molecule has 0 spiro atoms. The van der Waals surface area contributed by atoms with Crippen molar-refractivity contribution >= 4 is 23.0 Å². The Balaban J connectivity index is 1.36. The fourth-order valence-corrected chi connectivity index (χ4v) is 3.34. The molecule has 4 rings (SSSR count). The number of hydrogen-bond acceptors (Lipinski definition) is 6. The number of nitrogens with one attached hydrogen (secondary N) is 2. The van der Waals surface area contributed by atoms with Crippen molar-refractivity contribution in [1.29, 1.82) is 0 Å². The minimum Gasteiger partial charge on any atom is -0.497 e. The molecule has 1 aliphatic rings. The average Bonchev–Trinajstić information content (AvgIpc) is 3.28.